The molecule has 0 aromatic carbocycles. The average molecular weight is 294 g/mol. The first-order chi connectivity index (χ1) is 10.0. The Bertz CT molecular complexity index is 492. The monoisotopic (exact) mass is 294 g/mol. The number of aryl methyl sites for hydroxylation is 1. The zero-order chi connectivity index (χ0) is 15.2. The van der Waals surface area contributed by atoms with Gasteiger partial charge in [-0.05, 0) is 31.6 Å². The minimum atomic E-state index is -0.867. The van der Waals surface area contributed by atoms with Crippen LogP contribution < -0.4 is 5.32 Å². The van der Waals surface area contributed by atoms with Crippen LogP contribution >= 0.6 is 0 Å². The number of aromatic nitrogens is 3. The molecule has 1 saturated carbocycles. The zero-order valence-electron chi connectivity index (χ0n) is 12.3. The number of carboxylic acids is 1. The van der Waals surface area contributed by atoms with Gasteiger partial charge in [0.1, 0.15) is 6.54 Å². The highest BCUT2D eigenvalue weighted by atomic mass is 16.4. The van der Waals surface area contributed by atoms with E-state index in [0.717, 1.165) is 31.6 Å². The highest BCUT2D eigenvalue weighted by molar-refractivity contribution is 5.75. The van der Waals surface area contributed by atoms with Gasteiger partial charge in [-0.2, -0.15) is 0 Å². The Morgan fingerprint density at radius 2 is 2.10 bits per heavy atom. The molecule has 1 aromatic heterocycles. The van der Waals surface area contributed by atoms with Crippen LogP contribution in [0.5, 0.6) is 0 Å². The van der Waals surface area contributed by atoms with Crippen molar-refractivity contribution >= 4 is 11.9 Å². The molecule has 0 aliphatic heterocycles. The van der Waals surface area contributed by atoms with Crippen LogP contribution in [0.1, 0.15) is 44.7 Å². The Kier molecular flexibility index (Phi) is 5.30. The van der Waals surface area contributed by atoms with Crippen molar-refractivity contribution in [3.8, 4) is 0 Å². The van der Waals surface area contributed by atoms with E-state index in [9.17, 15) is 9.59 Å². The van der Waals surface area contributed by atoms with Crippen molar-refractivity contribution in [2.75, 3.05) is 0 Å². The topological polar surface area (TPSA) is 97.1 Å². The van der Waals surface area contributed by atoms with Gasteiger partial charge in [0, 0.05) is 18.7 Å². The summed E-state index contributed by atoms with van der Waals surface area (Å²) in [5.74, 6) is -0.177. The Morgan fingerprint density at radius 1 is 1.38 bits per heavy atom. The van der Waals surface area contributed by atoms with Gasteiger partial charge in [-0.15, -0.1) is 5.10 Å². The largest absolute Gasteiger partial charge is 0.481 e. The van der Waals surface area contributed by atoms with Gasteiger partial charge in [0.25, 0.3) is 0 Å². The SMILES string of the molecule is CC1CCC(NC(=O)Cn2cc(CCC(=O)O)nn2)CC1. The van der Waals surface area contributed by atoms with E-state index in [1.165, 1.54) is 4.68 Å². The molecule has 0 bridgehead atoms. The summed E-state index contributed by atoms with van der Waals surface area (Å²) in [4.78, 5) is 22.4. The van der Waals surface area contributed by atoms with Gasteiger partial charge in [-0.25, -0.2) is 4.68 Å². The number of aliphatic carboxylic acids is 1. The van der Waals surface area contributed by atoms with Gasteiger partial charge in [-0.3, -0.25) is 9.59 Å². The maximum absolute atomic E-state index is 11.9. The van der Waals surface area contributed by atoms with E-state index in [1.54, 1.807) is 6.20 Å². The third kappa shape index (κ3) is 5.17. The second-order valence-corrected chi connectivity index (χ2v) is 5.83. The molecule has 7 heteroatoms. The average Bonchev–Trinajstić information content (AvgIpc) is 2.86. The van der Waals surface area contributed by atoms with Gasteiger partial charge in [-0.1, -0.05) is 12.1 Å². The number of hydrogen-bond acceptors (Lipinski definition) is 4. The molecule has 1 aliphatic rings. The molecule has 0 unspecified atom stereocenters. The lowest BCUT2D eigenvalue weighted by molar-refractivity contribution is -0.137. The molecular weight excluding hydrogens is 272 g/mol. The molecule has 1 heterocycles. The molecule has 0 radical (unpaired) electrons. The lowest BCUT2D eigenvalue weighted by Gasteiger charge is -2.26. The quantitative estimate of drug-likeness (QED) is 0.815. The Balaban J connectivity index is 1.76. The van der Waals surface area contributed by atoms with Gasteiger partial charge < -0.3 is 10.4 Å². The van der Waals surface area contributed by atoms with Crippen molar-refractivity contribution in [2.24, 2.45) is 5.92 Å². The minimum Gasteiger partial charge on any atom is -0.481 e. The molecule has 116 valence electrons. The summed E-state index contributed by atoms with van der Waals surface area (Å²) in [7, 11) is 0. The fourth-order valence-corrected chi connectivity index (χ4v) is 2.59. The van der Waals surface area contributed by atoms with Crippen LogP contribution in [0.15, 0.2) is 6.20 Å². The van der Waals surface area contributed by atoms with Crippen LogP contribution in [0.3, 0.4) is 0 Å². The molecule has 1 aliphatic carbocycles. The summed E-state index contributed by atoms with van der Waals surface area (Å²) >= 11 is 0. The van der Waals surface area contributed by atoms with E-state index < -0.39 is 5.97 Å². The number of carbonyl (C=O) groups is 2. The summed E-state index contributed by atoms with van der Waals surface area (Å²) in [5.41, 5.74) is 0.594. The molecule has 0 spiro atoms. The third-order valence-electron chi connectivity index (χ3n) is 3.87. The number of carbonyl (C=O) groups excluding carboxylic acids is 1. The maximum Gasteiger partial charge on any atom is 0.303 e. The number of nitrogens with one attached hydrogen (secondary N) is 1. The van der Waals surface area contributed by atoms with Crippen molar-refractivity contribution in [3.05, 3.63) is 11.9 Å². The zero-order valence-corrected chi connectivity index (χ0v) is 12.3. The van der Waals surface area contributed by atoms with Gasteiger partial charge >= 0.3 is 5.97 Å². The molecule has 0 atom stereocenters. The fraction of sp³-hybridized carbons (Fsp3) is 0.714. The van der Waals surface area contributed by atoms with Crippen LogP contribution in [0.25, 0.3) is 0 Å². The van der Waals surface area contributed by atoms with Crippen molar-refractivity contribution in [1.82, 2.24) is 20.3 Å². The number of hydrogen-bond donors (Lipinski definition) is 2. The van der Waals surface area contributed by atoms with Crippen molar-refractivity contribution < 1.29 is 14.7 Å². The van der Waals surface area contributed by atoms with Gasteiger partial charge in [0.15, 0.2) is 0 Å². The van der Waals surface area contributed by atoms with Crippen LogP contribution in [-0.4, -0.2) is 38.0 Å². The fourth-order valence-electron chi connectivity index (χ4n) is 2.59. The predicted octanol–water partition coefficient (Wildman–Crippen LogP) is 0.990. The van der Waals surface area contributed by atoms with E-state index in [0.29, 0.717) is 12.1 Å². The summed E-state index contributed by atoms with van der Waals surface area (Å²) in [6.07, 6.45) is 6.37. The van der Waals surface area contributed by atoms with Crippen molar-refractivity contribution in [3.63, 3.8) is 0 Å². The predicted molar refractivity (Wildman–Crippen MR) is 75.5 cm³/mol. The number of rotatable bonds is 6. The maximum atomic E-state index is 11.9. The van der Waals surface area contributed by atoms with Crippen LogP contribution in [0, 0.1) is 5.92 Å². The first-order valence-electron chi connectivity index (χ1n) is 7.43. The number of amides is 1. The molecule has 1 fully saturated rings. The van der Waals surface area contributed by atoms with Gasteiger partial charge in [0.05, 0.1) is 12.1 Å². The highest BCUT2D eigenvalue weighted by Gasteiger charge is 2.19. The molecule has 0 saturated heterocycles. The molecule has 21 heavy (non-hydrogen) atoms. The van der Waals surface area contributed by atoms with E-state index in [4.69, 9.17) is 5.11 Å². The van der Waals surface area contributed by atoms with Crippen molar-refractivity contribution in [1.29, 1.82) is 0 Å². The molecule has 1 amide bonds. The molecule has 1 aromatic rings. The minimum absolute atomic E-state index is 0.0190. The first-order valence-corrected chi connectivity index (χ1v) is 7.43. The highest BCUT2D eigenvalue weighted by Crippen LogP contribution is 2.23. The summed E-state index contributed by atoms with van der Waals surface area (Å²) in [6.45, 7) is 2.37. The lowest BCUT2D eigenvalue weighted by atomic mass is 9.87. The molecular formula is C14H22N4O3. The Hall–Kier alpha value is -1.92. The lowest BCUT2D eigenvalue weighted by Crippen LogP contribution is -2.39. The molecule has 7 nitrogen and oxygen atoms in total. The molecule has 2 N–H and O–H groups in total. The van der Waals surface area contributed by atoms with Crippen LogP contribution in [-0.2, 0) is 22.6 Å². The van der Waals surface area contributed by atoms with E-state index >= 15 is 0 Å². The number of nitrogens with zero attached hydrogens (tertiary/aromatic N) is 3. The summed E-state index contributed by atoms with van der Waals surface area (Å²) in [5, 5.41) is 19.4. The smallest absolute Gasteiger partial charge is 0.303 e. The number of carboxylic acid groups (broad SMARTS) is 1. The van der Waals surface area contributed by atoms with Crippen molar-refractivity contribution in [2.45, 2.75) is 58.0 Å². The van der Waals surface area contributed by atoms with Gasteiger partial charge in [0.2, 0.25) is 5.91 Å². The second kappa shape index (κ2) is 7.19. The Morgan fingerprint density at radius 3 is 2.76 bits per heavy atom. The van der Waals surface area contributed by atoms with E-state index in [1.807, 2.05) is 0 Å². The normalized spacial score (nSPS) is 22.0. The standard InChI is InChI=1S/C14H22N4O3/c1-10-2-4-11(5-3-10)15-13(19)9-18-8-12(16-17-18)6-7-14(20)21/h8,10-11H,2-7,9H2,1H3,(H,15,19)(H,20,21). The van der Waals surface area contributed by atoms with E-state index in [-0.39, 0.29) is 24.9 Å². The summed E-state index contributed by atoms with van der Waals surface area (Å²) in [6, 6.07) is 0.267. The molecule has 2 rings (SSSR count). The third-order valence-corrected chi connectivity index (χ3v) is 3.87. The second-order valence-electron chi connectivity index (χ2n) is 5.83. The first kappa shape index (κ1) is 15.5. The van der Waals surface area contributed by atoms with E-state index in [2.05, 4.69) is 22.6 Å². The Labute approximate surface area is 123 Å². The van der Waals surface area contributed by atoms with Crippen LogP contribution in [0.4, 0.5) is 0 Å². The van der Waals surface area contributed by atoms with Crippen LogP contribution in [0.2, 0.25) is 0 Å². The summed E-state index contributed by atoms with van der Waals surface area (Å²) < 4.78 is 1.46.